The van der Waals surface area contributed by atoms with E-state index in [0.29, 0.717) is 12.2 Å². The molecule has 1 fully saturated rings. The molecule has 1 N–H and O–H groups in total. The molecular formula is C14H14F4N6. The number of alkyl halides is 3. The molecule has 0 spiro atoms. The van der Waals surface area contributed by atoms with Gasteiger partial charge in [0.05, 0.1) is 18.0 Å². The highest BCUT2D eigenvalue weighted by Gasteiger charge is 2.36. The molecule has 0 bridgehead atoms. The van der Waals surface area contributed by atoms with E-state index in [1.54, 1.807) is 6.92 Å². The maximum absolute atomic E-state index is 13.8. The Morgan fingerprint density at radius 2 is 2.12 bits per heavy atom. The molecule has 0 amide bonds. The van der Waals surface area contributed by atoms with Crippen LogP contribution in [0.4, 0.5) is 23.5 Å². The quantitative estimate of drug-likeness (QED) is 0.515. The fourth-order valence-electron chi connectivity index (χ4n) is 2.10. The molecule has 3 rings (SSSR count). The maximum atomic E-state index is 13.8. The Morgan fingerprint density at radius 1 is 1.38 bits per heavy atom. The summed E-state index contributed by atoms with van der Waals surface area (Å²) in [5.41, 5.74) is 1.74. The van der Waals surface area contributed by atoms with E-state index < -0.39 is 17.8 Å². The van der Waals surface area contributed by atoms with Crippen molar-refractivity contribution in [2.24, 2.45) is 5.10 Å². The molecule has 1 saturated carbocycles. The van der Waals surface area contributed by atoms with E-state index in [9.17, 15) is 17.6 Å². The van der Waals surface area contributed by atoms with Gasteiger partial charge in [0, 0.05) is 18.2 Å². The van der Waals surface area contributed by atoms with Crippen LogP contribution < -0.4 is 5.43 Å². The SMILES string of the molecule is CCn1ncc(/C=N/Nc2nc(C3CC3)cc(C(F)(F)F)n2)c1F. The first-order valence-corrected chi connectivity index (χ1v) is 7.35. The normalized spacial score (nSPS) is 15.2. The van der Waals surface area contributed by atoms with Gasteiger partial charge in [-0.1, -0.05) is 0 Å². The molecule has 0 saturated heterocycles. The van der Waals surface area contributed by atoms with Crippen LogP contribution in [0, 0.1) is 5.95 Å². The Morgan fingerprint density at radius 3 is 2.71 bits per heavy atom. The van der Waals surface area contributed by atoms with Gasteiger partial charge >= 0.3 is 6.18 Å². The van der Waals surface area contributed by atoms with E-state index in [2.05, 4.69) is 25.6 Å². The highest BCUT2D eigenvalue weighted by atomic mass is 19.4. The second-order valence-electron chi connectivity index (χ2n) is 5.35. The molecule has 1 aliphatic rings. The predicted octanol–water partition coefficient (Wildman–Crippen LogP) is 3.17. The third-order valence-corrected chi connectivity index (χ3v) is 3.50. The van der Waals surface area contributed by atoms with Gasteiger partial charge in [0.25, 0.3) is 0 Å². The summed E-state index contributed by atoms with van der Waals surface area (Å²) in [6.07, 6.45) is -0.570. The third-order valence-electron chi connectivity index (χ3n) is 3.50. The number of hydrogen-bond donors (Lipinski definition) is 1. The van der Waals surface area contributed by atoms with Gasteiger partial charge in [0.15, 0.2) is 0 Å². The lowest BCUT2D eigenvalue weighted by Gasteiger charge is -2.09. The molecule has 128 valence electrons. The maximum Gasteiger partial charge on any atom is 0.433 e. The van der Waals surface area contributed by atoms with Gasteiger partial charge in [-0.05, 0) is 25.8 Å². The van der Waals surface area contributed by atoms with Gasteiger partial charge in [0.2, 0.25) is 11.9 Å². The zero-order valence-corrected chi connectivity index (χ0v) is 12.7. The first kappa shape index (κ1) is 16.3. The van der Waals surface area contributed by atoms with Crippen LogP contribution in [0.15, 0.2) is 17.4 Å². The number of anilines is 1. The van der Waals surface area contributed by atoms with Gasteiger partial charge in [-0.15, -0.1) is 0 Å². The molecule has 1 aliphatic carbocycles. The summed E-state index contributed by atoms with van der Waals surface area (Å²) < 4.78 is 53.6. The summed E-state index contributed by atoms with van der Waals surface area (Å²) in [5.74, 6) is -0.822. The second kappa shape index (κ2) is 6.17. The minimum absolute atomic E-state index is 0.0267. The first-order chi connectivity index (χ1) is 11.4. The number of aryl methyl sites for hydroxylation is 1. The molecule has 2 aromatic rings. The number of aromatic nitrogens is 4. The summed E-state index contributed by atoms with van der Waals surface area (Å²) in [4.78, 5) is 7.45. The van der Waals surface area contributed by atoms with Crippen molar-refractivity contribution >= 4 is 12.2 Å². The highest BCUT2D eigenvalue weighted by Crippen LogP contribution is 2.41. The van der Waals surface area contributed by atoms with Gasteiger partial charge in [-0.25, -0.2) is 20.1 Å². The Kier molecular flexibility index (Phi) is 4.20. The zero-order chi connectivity index (χ0) is 17.3. The summed E-state index contributed by atoms with van der Waals surface area (Å²) in [5, 5.41) is 7.50. The third kappa shape index (κ3) is 3.52. The second-order valence-corrected chi connectivity index (χ2v) is 5.35. The van der Waals surface area contributed by atoms with Crippen LogP contribution in [-0.2, 0) is 12.7 Å². The van der Waals surface area contributed by atoms with Crippen molar-refractivity contribution in [1.29, 1.82) is 0 Å². The van der Waals surface area contributed by atoms with Crippen LogP contribution in [0.3, 0.4) is 0 Å². The molecule has 0 aliphatic heterocycles. The average molecular weight is 342 g/mol. The van der Waals surface area contributed by atoms with E-state index in [4.69, 9.17) is 0 Å². The number of hydrazone groups is 1. The minimum Gasteiger partial charge on any atom is -0.245 e. The number of nitrogens with zero attached hydrogens (tertiary/aromatic N) is 5. The number of nitrogens with one attached hydrogen (secondary N) is 1. The van der Waals surface area contributed by atoms with Gasteiger partial charge in [-0.2, -0.15) is 27.8 Å². The van der Waals surface area contributed by atoms with Gasteiger partial charge in [0.1, 0.15) is 5.69 Å². The molecule has 0 aromatic carbocycles. The number of halogens is 4. The smallest absolute Gasteiger partial charge is 0.245 e. The molecule has 0 radical (unpaired) electrons. The van der Waals surface area contributed by atoms with Crippen molar-refractivity contribution in [2.45, 2.75) is 38.4 Å². The molecule has 0 atom stereocenters. The van der Waals surface area contributed by atoms with Crippen molar-refractivity contribution in [1.82, 2.24) is 19.7 Å². The number of hydrogen-bond acceptors (Lipinski definition) is 5. The zero-order valence-electron chi connectivity index (χ0n) is 12.7. The van der Waals surface area contributed by atoms with Crippen LogP contribution >= 0.6 is 0 Å². The van der Waals surface area contributed by atoms with Gasteiger partial charge in [-0.3, -0.25) is 0 Å². The van der Waals surface area contributed by atoms with Crippen molar-refractivity contribution in [3.05, 3.63) is 35.2 Å². The van der Waals surface area contributed by atoms with E-state index in [1.807, 2.05) is 0 Å². The van der Waals surface area contributed by atoms with Gasteiger partial charge < -0.3 is 0 Å². The largest absolute Gasteiger partial charge is 0.433 e. The Labute approximate surface area is 134 Å². The minimum atomic E-state index is -4.57. The summed E-state index contributed by atoms with van der Waals surface area (Å²) in [7, 11) is 0. The lowest BCUT2D eigenvalue weighted by atomic mass is 10.2. The molecule has 24 heavy (non-hydrogen) atoms. The average Bonchev–Trinajstić information content (AvgIpc) is 3.32. The fraction of sp³-hybridized carbons (Fsp3) is 0.429. The molecule has 6 nitrogen and oxygen atoms in total. The van der Waals surface area contributed by atoms with E-state index in [1.165, 1.54) is 6.20 Å². The summed E-state index contributed by atoms with van der Waals surface area (Å²) in [6.45, 7) is 2.08. The summed E-state index contributed by atoms with van der Waals surface area (Å²) in [6, 6.07) is 0.956. The first-order valence-electron chi connectivity index (χ1n) is 7.35. The molecule has 10 heteroatoms. The van der Waals surface area contributed by atoms with Crippen molar-refractivity contribution in [3.63, 3.8) is 0 Å². The Hall–Kier alpha value is -2.52. The predicted molar refractivity (Wildman–Crippen MR) is 78.1 cm³/mol. The molecule has 0 unspecified atom stereocenters. The van der Waals surface area contributed by atoms with E-state index in [0.717, 1.165) is 29.8 Å². The topological polar surface area (TPSA) is 68.0 Å². The summed E-state index contributed by atoms with van der Waals surface area (Å²) >= 11 is 0. The van der Waals surface area contributed by atoms with Crippen LogP contribution in [0.25, 0.3) is 0 Å². The molecule has 2 heterocycles. The molecular weight excluding hydrogens is 328 g/mol. The molecule has 2 aromatic heterocycles. The van der Waals surface area contributed by atoms with Crippen molar-refractivity contribution in [2.75, 3.05) is 5.43 Å². The lowest BCUT2D eigenvalue weighted by Crippen LogP contribution is -2.12. The number of rotatable bonds is 5. The Balaban J connectivity index is 1.80. The Bertz CT molecular complexity index is 763. The van der Waals surface area contributed by atoms with Crippen LogP contribution in [0.5, 0.6) is 0 Å². The van der Waals surface area contributed by atoms with E-state index in [-0.39, 0.29) is 17.4 Å². The van der Waals surface area contributed by atoms with Crippen LogP contribution in [0.1, 0.15) is 42.6 Å². The monoisotopic (exact) mass is 342 g/mol. The van der Waals surface area contributed by atoms with Crippen LogP contribution in [0.2, 0.25) is 0 Å². The van der Waals surface area contributed by atoms with E-state index >= 15 is 0 Å². The van der Waals surface area contributed by atoms with Crippen molar-refractivity contribution < 1.29 is 17.6 Å². The van der Waals surface area contributed by atoms with Crippen molar-refractivity contribution in [3.8, 4) is 0 Å². The standard InChI is InChI=1S/C14H14F4N6/c1-2-24-12(15)9(7-20-24)6-19-23-13-21-10(8-3-4-8)5-11(22-13)14(16,17)18/h5-8H,2-4H2,1H3,(H,21,22,23)/b19-6+. The fourth-order valence-corrected chi connectivity index (χ4v) is 2.10. The highest BCUT2D eigenvalue weighted by molar-refractivity contribution is 5.79. The van der Waals surface area contributed by atoms with Crippen LogP contribution in [-0.4, -0.2) is 26.0 Å². The lowest BCUT2D eigenvalue weighted by molar-refractivity contribution is -0.141.